The molecule has 0 radical (unpaired) electrons. The average Bonchev–Trinajstić information content (AvgIpc) is 2.44. The quantitative estimate of drug-likeness (QED) is 0.594. The van der Waals surface area contributed by atoms with Crippen LogP contribution in [0.2, 0.25) is 10.0 Å². The van der Waals surface area contributed by atoms with Crippen LogP contribution in [0, 0.1) is 0 Å². The number of benzene rings is 2. The van der Waals surface area contributed by atoms with Gasteiger partial charge in [0.25, 0.3) is 0 Å². The van der Waals surface area contributed by atoms with Gasteiger partial charge in [0, 0.05) is 15.6 Å². The van der Waals surface area contributed by atoms with Crippen molar-refractivity contribution in [2.75, 3.05) is 12.3 Å². The standard InChI is InChI=1S/C15H12BrCl2NO2/c1-2-21-9-3-4-10(11(16)7-9)15(20)8-5-12(17)14(18)13(19)6-8/h3-7H,2,19H2,1H3. The first-order chi connectivity index (χ1) is 9.93. The minimum Gasteiger partial charge on any atom is -0.494 e. The monoisotopic (exact) mass is 387 g/mol. The van der Waals surface area contributed by atoms with E-state index in [0.29, 0.717) is 28.0 Å². The van der Waals surface area contributed by atoms with Crippen LogP contribution in [0.5, 0.6) is 5.75 Å². The largest absolute Gasteiger partial charge is 0.494 e. The van der Waals surface area contributed by atoms with Crippen molar-refractivity contribution < 1.29 is 9.53 Å². The fourth-order valence-corrected chi connectivity index (χ4v) is 2.71. The van der Waals surface area contributed by atoms with Crippen LogP contribution in [0.4, 0.5) is 5.69 Å². The first kappa shape index (κ1) is 16.1. The lowest BCUT2D eigenvalue weighted by atomic mass is 10.0. The molecule has 0 aromatic heterocycles. The molecule has 21 heavy (non-hydrogen) atoms. The summed E-state index contributed by atoms with van der Waals surface area (Å²) < 4.78 is 6.02. The third-order valence-corrected chi connectivity index (χ3v) is 4.29. The van der Waals surface area contributed by atoms with Crippen molar-refractivity contribution in [3.8, 4) is 5.75 Å². The van der Waals surface area contributed by atoms with E-state index in [1.807, 2.05) is 6.92 Å². The molecule has 0 aliphatic carbocycles. The molecule has 0 spiro atoms. The Balaban J connectivity index is 2.40. The highest BCUT2D eigenvalue weighted by atomic mass is 79.9. The Hall–Kier alpha value is -1.23. The number of rotatable bonds is 4. The van der Waals surface area contributed by atoms with Crippen LogP contribution in [0.15, 0.2) is 34.8 Å². The van der Waals surface area contributed by atoms with Gasteiger partial charge in [-0.25, -0.2) is 0 Å². The van der Waals surface area contributed by atoms with E-state index in [0.717, 1.165) is 0 Å². The molecule has 0 atom stereocenters. The van der Waals surface area contributed by atoms with Gasteiger partial charge in [0.1, 0.15) is 5.75 Å². The number of carbonyl (C=O) groups is 1. The highest BCUT2D eigenvalue weighted by molar-refractivity contribution is 9.10. The smallest absolute Gasteiger partial charge is 0.194 e. The number of ketones is 1. The van der Waals surface area contributed by atoms with Crippen LogP contribution in [-0.2, 0) is 0 Å². The second-order valence-corrected chi connectivity index (χ2v) is 5.90. The van der Waals surface area contributed by atoms with Gasteiger partial charge < -0.3 is 10.5 Å². The summed E-state index contributed by atoms with van der Waals surface area (Å²) >= 11 is 15.2. The van der Waals surface area contributed by atoms with Crippen molar-refractivity contribution in [1.82, 2.24) is 0 Å². The predicted octanol–water partition coefficient (Wildman–Crippen LogP) is 4.97. The summed E-state index contributed by atoms with van der Waals surface area (Å²) in [5.74, 6) is 0.491. The molecule has 6 heteroatoms. The van der Waals surface area contributed by atoms with Gasteiger partial charge in [-0.3, -0.25) is 4.79 Å². The van der Waals surface area contributed by atoms with E-state index in [1.54, 1.807) is 18.2 Å². The van der Waals surface area contributed by atoms with Crippen molar-refractivity contribution in [3.05, 3.63) is 56.0 Å². The maximum atomic E-state index is 12.5. The van der Waals surface area contributed by atoms with Crippen molar-refractivity contribution in [2.24, 2.45) is 0 Å². The van der Waals surface area contributed by atoms with Crippen LogP contribution < -0.4 is 10.5 Å². The zero-order valence-electron chi connectivity index (χ0n) is 11.1. The molecule has 0 saturated carbocycles. The first-order valence-corrected chi connectivity index (χ1v) is 7.70. The summed E-state index contributed by atoms with van der Waals surface area (Å²) in [7, 11) is 0. The van der Waals surface area contributed by atoms with Gasteiger partial charge in [-0.1, -0.05) is 23.2 Å². The Kier molecular flexibility index (Phi) is 5.14. The Bertz CT molecular complexity index is 681. The molecular weight excluding hydrogens is 377 g/mol. The Morgan fingerprint density at radius 3 is 2.57 bits per heavy atom. The van der Waals surface area contributed by atoms with E-state index in [2.05, 4.69) is 15.9 Å². The normalized spacial score (nSPS) is 10.5. The molecule has 0 bridgehead atoms. The lowest BCUT2D eigenvalue weighted by Crippen LogP contribution is -2.04. The van der Waals surface area contributed by atoms with Gasteiger partial charge >= 0.3 is 0 Å². The van der Waals surface area contributed by atoms with Gasteiger partial charge in [0.2, 0.25) is 0 Å². The van der Waals surface area contributed by atoms with Gasteiger partial charge in [-0.2, -0.15) is 0 Å². The van der Waals surface area contributed by atoms with Crippen LogP contribution in [0.25, 0.3) is 0 Å². The number of halogens is 3. The Morgan fingerprint density at radius 2 is 2.00 bits per heavy atom. The Labute approximate surface area is 141 Å². The topological polar surface area (TPSA) is 52.3 Å². The van der Waals surface area contributed by atoms with E-state index in [-0.39, 0.29) is 21.5 Å². The summed E-state index contributed by atoms with van der Waals surface area (Å²) in [4.78, 5) is 12.5. The fraction of sp³-hybridized carbons (Fsp3) is 0.133. The van der Waals surface area contributed by atoms with Crippen molar-refractivity contribution in [3.63, 3.8) is 0 Å². The van der Waals surface area contributed by atoms with Crippen molar-refractivity contribution >= 4 is 50.6 Å². The molecule has 0 saturated heterocycles. The van der Waals surface area contributed by atoms with Gasteiger partial charge in [0.15, 0.2) is 5.78 Å². The number of ether oxygens (including phenoxy) is 1. The van der Waals surface area contributed by atoms with Crippen LogP contribution in [0.1, 0.15) is 22.8 Å². The van der Waals surface area contributed by atoms with Gasteiger partial charge in [-0.15, -0.1) is 0 Å². The fourth-order valence-electron chi connectivity index (χ4n) is 1.83. The van der Waals surface area contributed by atoms with Crippen LogP contribution in [0.3, 0.4) is 0 Å². The minimum atomic E-state index is -0.199. The maximum Gasteiger partial charge on any atom is 0.194 e. The second-order valence-electron chi connectivity index (χ2n) is 4.27. The van der Waals surface area contributed by atoms with Gasteiger partial charge in [0.05, 0.1) is 22.3 Å². The predicted molar refractivity (Wildman–Crippen MR) is 89.6 cm³/mol. The summed E-state index contributed by atoms with van der Waals surface area (Å²) in [6.07, 6.45) is 0. The zero-order chi connectivity index (χ0) is 15.6. The average molecular weight is 389 g/mol. The second kappa shape index (κ2) is 6.69. The number of carbonyl (C=O) groups excluding carboxylic acids is 1. The highest BCUT2D eigenvalue weighted by Gasteiger charge is 2.16. The summed E-state index contributed by atoms with van der Waals surface area (Å²) in [5.41, 5.74) is 6.89. The molecule has 2 rings (SSSR count). The number of nitrogen functional groups attached to an aromatic ring is 1. The Morgan fingerprint density at radius 1 is 1.29 bits per heavy atom. The molecule has 2 aromatic carbocycles. The van der Waals surface area contributed by atoms with E-state index < -0.39 is 0 Å². The maximum absolute atomic E-state index is 12.5. The molecule has 2 aromatic rings. The molecule has 2 N–H and O–H groups in total. The lowest BCUT2D eigenvalue weighted by molar-refractivity contribution is 0.103. The third kappa shape index (κ3) is 3.51. The van der Waals surface area contributed by atoms with Crippen molar-refractivity contribution in [2.45, 2.75) is 6.92 Å². The molecule has 0 aliphatic rings. The van der Waals surface area contributed by atoms with E-state index in [9.17, 15) is 4.79 Å². The number of hydrogen-bond acceptors (Lipinski definition) is 3. The molecule has 110 valence electrons. The van der Waals surface area contributed by atoms with Gasteiger partial charge in [-0.05, 0) is 53.2 Å². The third-order valence-electron chi connectivity index (χ3n) is 2.81. The highest BCUT2D eigenvalue weighted by Crippen LogP contribution is 2.32. The molecule has 0 fully saturated rings. The molecule has 0 amide bonds. The summed E-state index contributed by atoms with van der Waals surface area (Å²) in [5, 5.41) is 0.501. The molecule has 0 aliphatic heterocycles. The van der Waals surface area contributed by atoms with Crippen LogP contribution in [-0.4, -0.2) is 12.4 Å². The summed E-state index contributed by atoms with van der Waals surface area (Å²) in [6, 6.07) is 8.20. The molecular formula is C15H12BrCl2NO2. The van der Waals surface area contributed by atoms with Crippen molar-refractivity contribution in [1.29, 1.82) is 0 Å². The summed E-state index contributed by atoms with van der Waals surface area (Å²) in [6.45, 7) is 2.45. The molecule has 0 unspecified atom stereocenters. The first-order valence-electron chi connectivity index (χ1n) is 6.15. The SMILES string of the molecule is CCOc1ccc(C(=O)c2cc(N)c(Cl)c(Cl)c2)c(Br)c1. The molecule has 0 heterocycles. The van der Waals surface area contributed by atoms with E-state index in [1.165, 1.54) is 12.1 Å². The van der Waals surface area contributed by atoms with E-state index >= 15 is 0 Å². The molecule has 3 nitrogen and oxygen atoms in total. The lowest BCUT2D eigenvalue weighted by Gasteiger charge is -2.09. The minimum absolute atomic E-state index is 0.199. The number of anilines is 1. The van der Waals surface area contributed by atoms with Crippen LogP contribution >= 0.6 is 39.1 Å². The zero-order valence-corrected chi connectivity index (χ0v) is 14.2. The van der Waals surface area contributed by atoms with E-state index in [4.69, 9.17) is 33.7 Å². The number of nitrogens with two attached hydrogens (primary N) is 1. The number of hydrogen-bond donors (Lipinski definition) is 1.